The number of nitrogens with one attached hydrogen (secondary N) is 3. The first-order chi connectivity index (χ1) is 12.0. The van der Waals surface area contributed by atoms with Crippen LogP contribution in [0.4, 0.5) is 10.6 Å². The first-order valence-corrected chi connectivity index (χ1v) is 8.07. The molecule has 132 valence electrons. The zero-order chi connectivity index (χ0) is 18.0. The summed E-state index contributed by atoms with van der Waals surface area (Å²) >= 11 is 0. The Bertz CT molecular complexity index is 896. The Balaban J connectivity index is 1.62. The van der Waals surface area contributed by atoms with E-state index in [1.54, 1.807) is 18.8 Å². The molecule has 2 heterocycles. The zero-order valence-corrected chi connectivity index (χ0v) is 14.8. The van der Waals surface area contributed by atoms with Gasteiger partial charge in [-0.1, -0.05) is 13.8 Å². The molecule has 0 fully saturated rings. The number of hydrogen-bond acceptors (Lipinski definition) is 4. The highest BCUT2D eigenvalue weighted by Gasteiger charge is 2.11. The summed E-state index contributed by atoms with van der Waals surface area (Å²) in [4.78, 5) is 19.7. The highest BCUT2D eigenvalue weighted by Crippen LogP contribution is 2.19. The SMILES string of the molecule is COc1ccc2nc(CNC(=O)Nc3cc(C(C)C)nn3C)[nH]c2c1. The van der Waals surface area contributed by atoms with Crippen LogP contribution in [-0.4, -0.2) is 32.9 Å². The highest BCUT2D eigenvalue weighted by molar-refractivity contribution is 5.88. The molecule has 8 nitrogen and oxygen atoms in total. The van der Waals surface area contributed by atoms with Gasteiger partial charge in [0.05, 0.1) is 30.4 Å². The molecule has 2 aromatic heterocycles. The molecule has 0 saturated carbocycles. The third kappa shape index (κ3) is 3.73. The molecule has 1 aromatic carbocycles. The van der Waals surface area contributed by atoms with Crippen molar-refractivity contribution < 1.29 is 9.53 Å². The van der Waals surface area contributed by atoms with Crippen LogP contribution in [0, 0.1) is 0 Å². The lowest BCUT2D eigenvalue weighted by Gasteiger charge is -2.06. The van der Waals surface area contributed by atoms with Crippen molar-refractivity contribution in [1.29, 1.82) is 0 Å². The Hall–Kier alpha value is -3.03. The third-order valence-electron chi connectivity index (χ3n) is 3.89. The van der Waals surface area contributed by atoms with Crippen LogP contribution in [0.3, 0.4) is 0 Å². The van der Waals surface area contributed by atoms with Crippen molar-refractivity contribution in [2.45, 2.75) is 26.3 Å². The molecule has 0 radical (unpaired) electrons. The number of nitrogens with zero attached hydrogens (tertiary/aromatic N) is 3. The van der Waals surface area contributed by atoms with E-state index in [0.717, 1.165) is 22.5 Å². The molecule has 8 heteroatoms. The predicted molar refractivity (Wildman–Crippen MR) is 95.8 cm³/mol. The molecule has 0 spiro atoms. The number of hydrogen-bond donors (Lipinski definition) is 3. The van der Waals surface area contributed by atoms with Gasteiger partial charge in [0.1, 0.15) is 17.4 Å². The smallest absolute Gasteiger partial charge is 0.320 e. The largest absolute Gasteiger partial charge is 0.497 e. The van der Waals surface area contributed by atoms with Crippen LogP contribution in [0.5, 0.6) is 5.75 Å². The molecule has 0 aliphatic carbocycles. The molecule has 0 aliphatic heterocycles. The summed E-state index contributed by atoms with van der Waals surface area (Å²) in [6.07, 6.45) is 0. The van der Waals surface area contributed by atoms with Gasteiger partial charge >= 0.3 is 6.03 Å². The van der Waals surface area contributed by atoms with Gasteiger partial charge in [-0.25, -0.2) is 9.78 Å². The zero-order valence-electron chi connectivity index (χ0n) is 14.8. The highest BCUT2D eigenvalue weighted by atomic mass is 16.5. The molecule has 25 heavy (non-hydrogen) atoms. The van der Waals surface area contributed by atoms with Gasteiger partial charge in [0.2, 0.25) is 0 Å². The number of aromatic nitrogens is 4. The molecule has 2 amide bonds. The predicted octanol–water partition coefficient (Wildman–Crippen LogP) is 2.75. The van der Waals surface area contributed by atoms with E-state index in [2.05, 4.69) is 39.5 Å². The van der Waals surface area contributed by atoms with Gasteiger partial charge in [-0.15, -0.1) is 0 Å². The molecule has 0 aliphatic rings. The number of fused-ring (bicyclic) bond motifs is 1. The normalized spacial score (nSPS) is 11.1. The van der Waals surface area contributed by atoms with Crippen LogP contribution in [0.1, 0.15) is 31.3 Å². The molecule has 0 bridgehead atoms. The maximum absolute atomic E-state index is 12.1. The standard InChI is InChI=1S/C17H22N6O2/c1-10(2)13-8-16(23(3)22-13)21-17(24)18-9-15-19-12-6-5-11(25-4)7-14(12)20-15/h5-8,10H,9H2,1-4H3,(H,19,20)(H2,18,21,24). The minimum absolute atomic E-state index is 0.289. The average Bonchev–Trinajstić information content (AvgIpc) is 3.15. The second kappa shape index (κ2) is 6.84. The number of aromatic amines is 1. The van der Waals surface area contributed by atoms with E-state index in [4.69, 9.17) is 4.74 Å². The number of imidazole rings is 1. The second-order valence-electron chi connectivity index (χ2n) is 6.11. The minimum atomic E-state index is -0.309. The molecule has 3 N–H and O–H groups in total. The van der Waals surface area contributed by atoms with Gasteiger partial charge in [-0.2, -0.15) is 5.10 Å². The fraction of sp³-hybridized carbons (Fsp3) is 0.353. The number of anilines is 1. The molecule has 3 aromatic rings. The number of aryl methyl sites for hydroxylation is 1. The van der Waals surface area contributed by atoms with Crippen LogP contribution in [0.2, 0.25) is 0 Å². The van der Waals surface area contributed by atoms with Crippen LogP contribution >= 0.6 is 0 Å². The first kappa shape index (κ1) is 16.8. The minimum Gasteiger partial charge on any atom is -0.497 e. The quantitative estimate of drug-likeness (QED) is 0.664. The van der Waals surface area contributed by atoms with Crippen molar-refractivity contribution in [1.82, 2.24) is 25.1 Å². The maximum atomic E-state index is 12.1. The van der Waals surface area contributed by atoms with Crippen molar-refractivity contribution in [3.05, 3.63) is 35.8 Å². The van der Waals surface area contributed by atoms with Gasteiger partial charge in [0.25, 0.3) is 0 Å². The number of rotatable bonds is 5. The molecular weight excluding hydrogens is 320 g/mol. The van der Waals surface area contributed by atoms with Crippen LogP contribution < -0.4 is 15.4 Å². The van der Waals surface area contributed by atoms with Crippen molar-refractivity contribution >= 4 is 22.9 Å². The number of ether oxygens (including phenoxy) is 1. The van der Waals surface area contributed by atoms with Gasteiger partial charge in [-0.05, 0) is 18.1 Å². The van der Waals surface area contributed by atoms with Crippen molar-refractivity contribution in [2.75, 3.05) is 12.4 Å². The molecular formula is C17H22N6O2. The summed E-state index contributed by atoms with van der Waals surface area (Å²) in [6.45, 7) is 4.41. The van der Waals surface area contributed by atoms with E-state index in [0.29, 0.717) is 17.6 Å². The van der Waals surface area contributed by atoms with Crippen LogP contribution in [0.15, 0.2) is 24.3 Å². The van der Waals surface area contributed by atoms with E-state index in [1.165, 1.54) is 0 Å². The Morgan fingerprint density at radius 2 is 2.16 bits per heavy atom. The van der Waals surface area contributed by atoms with Crippen LogP contribution in [-0.2, 0) is 13.6 Å². The first-order valence-electron chi connectivity index (χ1n) is 8.07. The van der Waals surface area contributed by atoms with Gasteiger partial charge in [0, 0.05) is 19.2 Å². The number of methoxy groups -OCH3 is 1. The third-order valence-corrected chi connectivity index (χ3v) is 3.89. The molecule has 0 unspecified atom stereocenters. The number of carbonyl (C=O) groups excluding carboxylic acids is 1. The van der Waals surface area contributed by atoms with Crippen molar-refractivity contribution in [3.8, 4) is 5.75 Å². The number of urea groups is 1. The van der Waals surface area contributed by atoms with Crippen LogP contribution in [0.25, 0.3) is 11.0 Å². The Morgan fingerprint density at radius 3 is 2.84 bits per heavy atom. The summed E-state index contributed by atoms with van der Waals surface area (Å²) in [5.41, 5.74) is 2.63. The van der Waals surface area contributed by atoms with Gasteiger partial charge in [-0.3, -0.25) is 10.00 Å². The van der Waals surface area contributed by atoms with Crippen molar-refractivity contribution in [3.63, 3.8) is 0 Å². The lowest BCUT2D eigenvalue weighted by molar-refractivity contribution is 0.251. The lowest BCUT2D eigenvalue weighted by Crippen LogP contribution is -2.29. The van der Waals surface area contributed by atoms with E-state index in [1.807, 2.05) is 24.3 Å². The lowest BCUT2D eigenvalue weighted by atomic mass is 10.1. The Morgan fingerprint density at radius 1 is 1.36 bits per heavy atom. The maximum Gasteiger partial charge on any atom is 0.320 e. The summed E-state index contributed by atoms with van der Waals surface area (Å²) < 4.78 is 6.85. The van der Waals surface area contributed by atoms with Gasteiger partial charge < -0.3 is 15.0 Å². The fourth-order valence-corrected chi connectivity index (χ4v) is 2.47. The molecule has 3 rings (SSSR count). The Labute approximate surface area is 145 Å². The monoisotopic (exact) mass is 342 g/mol. The number of benzene rings is 1. The average molecular weight is 342 g/mol. The number of carbonyl (C=O) groups is 1. The van der Waals surface area contributed by atoms with Crippen molar-refractivity contribution in [2.24, 2.45) is 7.05 Å². The fourth-order valence-electron chi connectivity index (χ4n) is 2.47. The van der Waals surface area contributed by atoms with E-state index in [9.17, 15) is 4.79 Å². The van der Waals surface area contributed by atoms with E-state index in [-0.39, 0.29) is 12.6 Å². The summed E-state index contributed by atoms with van der Waals surface area (Å²) in [6, 6.07) is 7.16. The van der Waals surface area contributed by atoms with E-state index < -0.39 is 0 Å². The van der Waals surface area contributed by atoms with E-state index >= 15 is 0 Å². The summed E-state index contributed by atoms with van der Waals surface area (Å²) in [5.74, 6) is 2.38. The summed E-state index contributed by atoms with van der Waals surface area (Å²) in [5, 5.41) is 9.95. The molecule has 0 saturated heterocycles. The number of amides is 2. The summed E-state index contributed by atoms with van der Waals surface area (Å²) in [7, 11) is 3.42. The Kier molecular flexibility index (Phi) is 4.60. The second-order valence-corrected chi connectivity index (χ2v) is 6.11. The number of H-pyrrole nitrogens is 1. The van der Waals surface area contributed by atoms with Gasteiger partial charge in [0.15, 0.2) is 0 Å². The molecule has 0 atom stereocenters. The topological polar surface area (TPSA) is 96.9 Å².